The van der Waals surface area contributed by atoms with E-state index in [-0.39, 0.29) is 18.1 Å². The van der Waals surface area contributed by atoms with Gasteiger partial charge in [-0.15, -0.1) is 0 Å². The molecule has 1 unspecified atom stereocenters. The maximum Gasteiger partial charge on any atom is 0.323 e. The molecule has 0 rings (SSSR count). The highest BCUT2D eigenvalue weighted by Crippen LogP contribution is 2.19. The van der Waals surface area contributed by atoms with E-state index in [4.69, 9.17) is 10.5 Å². The number of nitrogens with two attached hydrogens (primary N) is 1. The van der Waals surface area contributed by atoms with Gasteiger partial charge in [0.05, 0.1) is 0 Å². The maximum atomic E-state index is 13.2. The number of carbonyl (C=O) groups is 1. The van der Waals surface area contributed by atoms with Crippen LogP contribution in [0.2, 0.25) is 0 Å². The molecule has 4 heteroatoms. The maximum absolute atomic E-state index is 13.2. The minimum atomic E-state index is -0.166. The summed E-state index contributed by atoms with van der Waals surface area (Å²) in [6.45, 7) is 5.20. The molecule has 0 saturated heterocycles. The van der Waals surface area contributed by atoms with E-state index in [9.17, 15) is 4.79 Å². The zero-order chi connectivity index (χ0) is 35.9. The lowest BCUT2D eigenvalue weighted by Gasteiger charge is -2.26. The molecular weight excluding hydrogens is 601 g/mol. The highest BCUT2D eigenvalue weighted by atomic mass is 16.5. The zero-order valence-corrected chi connectivity index (χ0v) is 33.3. The van der Waals surface area contributed by atoms with Crippen molar-refractivity contribution in [2.45, 2.75) is 212 Å². The average Bonchev–Trinajstić information content (AvgIpc) is 3.09. The highest BCUT2D eigenvalue weighted by Gasteiger charge is 2.25. The summed E-state index contributed by atoms with van der Waals surface area (Å²) in [7, 11) is 3.99. The standard InChI is InChI=1S/C45H84N2O2/c1-5-7-9-11-13-15-17-19-21-23-25-27-29-31-33-35-39-43(49-45(48)44(47(3)4)41-37-38-42-46)40-36-34-32-30-28-26-24-22-20-18-16-14-12-10-8-6-2/h13-16,19-22,43-44H,5-12,17-18,23-42,46H2,1-4H3/b15-13+,16-14+,21-19+,22-20+. The van der Waals surface area contributed by atoms with Gasteiger partial charge in [-0.2, -0.15) is 0 Å². The molecule has 0 aromatic carbocycles. The van der Waals surface area contributed by atoms with E-state index in [2.05, 4.69) is 62.5 Å². The zero-order valence-electron chi connectivity index (χ0n) is 33.3. The van der Waals surface area contributed by atoms with Crippen molar-refractivity contribution in [3.63, 3.8) is 0 Å². The average molecular weight is 685 g/mol. The smallest absolute Gasteiger partial charge is 0.323 e. The van der Waals surface area contributed by atoms with Crippen LogP contribution in [-0.4, -0.2) is 43.7 Å². The molecule has 0 radical (unpaired) electrons. The topological polar surface area (TPSA) is 55.6 Å². The quantitative estimate of drug-likeness (QED) is 0.0402. The number of nitrogens with zero attached hydrogens (tertiary/aromatic N) is 1. The van der Waals surface area contributed by atoms with E-state index in [0.717, 1.165) is 57.8 Å². The predicted octanol–water partition coefficient (Wildman–Crippen LogP) is 13.4. The summed E-state index contributed by atoms with van der Waals surface area (Å²) in [6, 6.07) is -0.166. The number of unbranched alkanes of at least 4 members (excludes halogenated alkanes) is 19. The molecule has 0 aromatic heterocycles. The Kier molecular flexibility index (Phi) is 37.8. The molecule has 1 atom stereocenters. The summed E-state index contributed by atoms with van der Waals surface area (Å²) >= 11 is 0. The Labute approximate surface area is 306 Å². The van der Waals surface area contributed by atoms with Crippen LogP contribution in [0.1, 0.15) is 200 Å². The Balaban J connectivity index is 4.31. The molecule has 0 fully saturated rings. The monoisotopic (exact) mass is 685 g/mol. The minimum Gasteiger partial charge on any atom is -0.461 e. The third kappa shape index (κ3) is 34.6. The van der Waals surface area contributed by atoms with Gasteiger partial charge in [-0.25, -0.2) is 0 Å². The summed E-state index contributed by atoms with van der Waals surface area (Å²) in [4.78, 5) is 15.2. The van der Waals surface area contributed by atoms with Crippen molar-refractivity contribution in [3.8, 4) is 0 Å². The molecular formula is C45H84N2O2. The van der Waals surface area contributed by atoms with Crippen LogP contribution >= 0.6 is 0 Å². The largest absolute Gasteiger partial charge is 0.461 e. The molecule has 0 saturated carbocycles. The molecule has 0 bridgehead atoms. The van der Waals surface area contributed by atoms with E-state index < -0.39 is 0 Å². The second-order valence-corrected chi connectivity index (χ2v) is 14.6. The summed E-state index contributed by atoms with van der Waals surface area (Å²) in [5.74, 6) is -0.0351. The van der Waals surface area contributed by atoms with Crippen molar-refractivity contribution in [3.05, 3.63) is 48.6 Å². The first-order chi connectivity index (χ1) is 24.1. The van der Waals surface area contributed by atoms with Crippen molar-refractivity contribution in [2.75, 3.05) is 20.6 Å². The molecule has 0 aromatic rings. The van der Waals surface area contributed by atoms with Crippen molar-refractivity contribution in [1.82, 2.24) is 4.90 Å². The van der Waals surface area contributed by atoms with Crippen LogP contribution in [0.15, 0.2) is 48.6 Å². The van der Waals surface area contributed by atoms with Crippen LogP contribution in [-0.2, 0) is 9.53 Å². The second kappa shape index (κ2) is 39.1. The fourth-order valence-corrected chi connectivity index (χ4v) is 6.29. The van der Waals surface area contributed by atoms with Gasteiger partial charge in [-0.3, -0.25) is 9.69 Å². The molecule has 4 nitrogen and oxygen atoms in total. The number of rotatable bonds is 37. The van der Waals surface area contributed by atoms with Crippen molar-refractivity contribution >= 4 is 5.97 Å². The summed E-state index contributed by atoms with van der Waals surface area (Å²) in [5.41, 5.74) is 5.71. The third-order valence-electron chi connectivity index (χ3n) is 9.56. The number of ether oxygens (including phenoxy) is 1. The Morgan fingerprint density at radius 3 is 1.27 bits per heavy atom. The first kappa shape index (κ1) is 47.4. The number of allylic oxidation sites excluding steroid dienone is 8. The van der Waals surface area contributed by atoms with Gasteiger partial charge in [0.2, 0.25) is 0 Å². The molecule has 0 aliphatic rings. The van der Waals surface area contributed by atoms with Gasteiger partial charge >= 0.3 is 5.97 Å². The lowest BCUT2D eigenvalue weighted by molar-refractivity contribution is -0.155. The summed E-state index contributed by atoms with van der Waals surface area (Å²) < 4.78 is 6.22. The van der Waals surface area contributed by atoms with Crippen LogP contribution in [0.25, 0.3) is 0 Å². The second-order valence-electron chi connectivity index (χ2n) is 14.6. The van der Waals surface area contributed by atoms with E-state index >= 15 is 0 Å². The van der Waals surface area contributed by atoms with E-state index in [0.29, 0.717) is 6.54 Å². The van der Waals surface area contributed by atoms with Gasteiger partial charge in [-0.1, -0.05) is 146 Å². The van der Waals surface area contributed by atoms with Crippen LogP contribution in [0.3, 0.4) is 0 Å². The first-order valence-electron chi connectivity index (χ1n) is 21.2. The van der Waals surface area contributed by atoms with E-state index in [1.54, 1.807) is 0 Å². The number of likely N-dealkylation sites (N-methyl/N-ethyl adjacent to an activating group) is 1. The number of hydrogen-bond acceptors (Lipinski definition) is 4. The number of hydrogen-bond donors (Lipinski definition) is 1. The number of carbonyl (C=O) groups excluding carboxylic acids is 1. The molecule has 0 aliphatic heterocycles. The Hall–Kier alpha value is -1.65. The van der Waals surface area contributed by atoms with Gasteiger partial charge in [0.1, 0.15) is 12.1 Å². The van der Waals surface area contributed by atoms with Crippen LogP contribution in [0, 0.1) is 0 Å². The van der Waals surface area contributed by atoms with Crippen molar-refractivity contribution in [2.24, 2.45) is 5.73 Å². The van der Waals surface area contributed by atoms with Crippen molar-refractivity contribution in [1.29, 1.82) is 0 Å². The molecule has 0 spiro atoms. The molecule has 0 aliphatic carbocycles. The molecule has 286 valence electrons. The predicted molar refractivity (Wildman–Crippen MR) is 218 cm³/mol. The normalized spacial score (nSPS) is 13.0. The SMILES string of the molecule is CCCCC/C=C/C/C=C/CCCCCCCCC(CCCCCCCC/C=C/C/C=C/CCCCC)OC(=O)C(CCCCN)N(C)C. The van der Waals surface area contributed by atoms with Crippen molar-refractivity contribution < 1.29 is 9.53 Å². The minimum absolute atomic E-state index is 0.0351. The highest BCUT2D eigenvalue weighted by molar-refractivity contribution is 5.75. The molecule has 2 N–H and O–H groups in total. The van der Waals surface area contributed by atoms with Gasteiger partial charge < -0.3 is 10.5 Å². The fourth-order valence-electron chi connectivity index (χ4n) is 6.29. The van der Waals surface area contributed by atoms with Gasteiger partial charge in [0, 0.05) is 0 Å². The Morgan fingerprint density at radius 1 is 0.510 bits per heavy atom. The van der Waals surface area contributed by atoms with E-state index in [1.807, 2.05) is 19.0 Å². The summed E-state index contributed by atoms with van der Waals surface area (Å²) in [6.07, 6.45) is 53.7. The van der Waals surface area contributed by atoms with Gasteiger partial charge in [-0.05, 0) is 123 Å². The lowest BCUT2D eigenvalue weighted by atomic mass is 10.0. The lowest BCUT2D eigenvalue weighted by Crippen LogP contribution is -2.39. The number of esters is 1. The van der Waals surface area contributed by atoms with Gasteiger partial charge in [0.15, 0.2) is 0 Å². The first-order valence-corrected chi connectivity index (χ1v) is 21.2. The fraction of sp³-hybridized carbons (Fsp3) is 0.800. The Morgan fingerprint density at radius 2 is 0.878 bits per heavy atom. The summed E-state index contributed by atoms with van der Waals surface area (Å²) in [5, 5.41) is 0. The van der Waals surface area contributed by atoms with E-state index in [1.165, 1.54) is 128 Å². The van der Waals surface area contributed by atoms with Gasteiger partial charge in [0.25, 0.3) is 0 Å². The molecule has 49 heavy (non-hydrogen) atoms. The molecule has 0 amide bonds. The molecule has 0 heterocycles. The third-order valence-corrected chi connectivity index (χ3v) is 9.56. The van der Waals surface area contributed by atoms with Crippen LogP contribution in [0.5, 0.6) is 0 Å². The Bertz CT molecular complexity index is 752. The van der Waals surface area contributed by atoms with Crippen LogP contribution in [0.4, 0.5) is 0 Å². The van der Waals surface area contributed by atoms with Crippen LogP contribution < -0.4 is 5.73 Å².